The Morgan fingerprint density at radius 2 is 1.96 bits per heavy atom. The van der Waals surface area contributed by atoms with Crippen LogP contribution in [-0.4, -0.2) is 32.0 Å². The van der Waals surface area contributed by atoms with Crippen LogP contribution in [0.25, 0.3) is 0 Å². The van der Waals surface area contributed by atoms with E-state index in [1.165, 1.54) is 16.3 Å². The summed E-state index contributed by atoms with van der Waals surface area (Å²) in [5.41, 5.74) is 0. The second-order valence-electron chi connectivity index (χ2n) is 6.72. The lowest BCUT2D eigenvalue weighted by atomic mass is 10.2. The standard InChI is InChI=1S/C17H30N2O3S/c1-5-10-18-14(20)9-7-6-8-11-19-15(21)12-13(16(19)22)23-17(2,3)4/h12,21-22H,5-11H2,1-4H3,(H,18,20). The lowest BCUT2D eigenvalue weighted by Gasteiger charge is -2.16. The molecule has 5 nitrogen and oxygen atoms in total. The minimum atomic E-state index is -0.0258. The van der Waals surface area contributed by atoms with E-state index in [1.54, 1.807) is 6.07 Å². The van der Waals surface area contributed by atoms with E-state index in [-0.39, 0.29) is 22.4 Å². The molecule has 0 aromatic carbocycles. The first-order chi connectivity index (χ1) is 10.7. The summed E-state index contributed by atoms with van der Waals surface area (Å²) in [6.07, 6.45) is 4.01. The number of hydrogen-bond donors (Lipinski definition) is 3. The molecule has 0 spiro atoms. The van der Waals surface area contributed by atoms with Gasteiger partial charge in [-0.1, -0.05) is 34.1 Å². The van der Waals surface area contributed by atoms with Gasteiger partial charge in [0.1, 0.15) is 0 Å². The molecule has 0 aliphatic heterocycles. The number of aromatic nitrogens is 1. The number of amides is 1. The highest BCUT2D eigenvalue weighted by atomic mass is 32.2. The van der Waals surface area contributed by atoms with Gasteiger partial charge in [-0.15, -0.1) is 11.8 Å². The van der Waals surface area contributed by atoms with Crippen molar-refractivity contribution in [2.45, 2.75) is 76.0 Å². The Kier molecular flexibility index (Phi) is 7.82. The molecule has 132 valence electrons. The smallest absolute Gasteiger partial charge is 0.219 e. The van der Waals surface area contributed by atoms with Gasteiger partial charge in [-0.25, -0.2) is 0 Å². The van der Waals surface area contributed by atoms with Crippen LogP contribution in [0.4, 0.5) is 0 Å². The third-order valence-electron chi connectivity index (χ3n) is 3.29. The summed E-state index contributed by atoms with van der Waals surface area (Å²) in [6, 6.07) is 1.61. The highest BCUT2D eigenvalue weighted by molar-refractivity contribution is 8.00. The van der Waals surface area contributed by atoms with Crippen molar-refractivity contribution in [2.24, 2.45) is 0 Å². The van der Waals surface area contributed by atoms with Gasteiger partial charge in [0.05, 0.1) is 4.90 Å². The van der Waals surface area contributed by atoms with Gasteiger partial charge in [0.15, 0.2) is 5.88 Å². The minimum Gasteiger partial charge on any atom is -0.494 e. The van der Waals surface area contributed by atoms with Gasteiger partial charge in [-0.05, 0) is 19.3 Å². The number of thioether (sulfide) groups is 1. The van der Waals surface area contributed by atoms with Gasteiger partial charge < -0.3 is 15.5 Å². The van der Waals surface area contributed by atoms with Crippen LogP contribution in [0.15, 0.2) is 11.0 Å². The zero-order valence-corrected chi connectivity index (χ0v) is 15.5. The first-order valence-electron chi connectivity index (χ1n) is 8.31. The Bertz CT molecular complexity index is 507. The highest BCUT2D eigenvalue weighted by Gasteiger charge is 2.20. The number of nitrogens with zero attached hydrogens (tertiary/aromatic N) is 1. The van der Waals surface area contributed by atoms with Crippen molar-refractivity contribution in [3.8, 4) is 11.8 Å². The molecule has 0 atom stereocenters. The van der Waals surface area contributed by atoms with E-state index < -0.39 is 0 Å². The monoisotopic (exact) mass is 342 g/mol. The normalized spacial score (nSPS) is 11.7. The molecule has 1 heterocycles. The summed E-state index contributed by atoms with van der Waals surface area (Å²) in [5.74, 6) is 0.320. The van der Waals surface area contributed by atoms with Crippen LogP contribution in [0, 0.1) is 0 Å². The average molecular weight is 343 g/mol. The molecule has 0 radical (unpaired) electrons. The fourth-order valence-electron chi connectivity index (χ4n) is 2.21. The molecule has 0 fully saturated rings. The highest BCUT2D eigenvalue weighted by Crippen LogP contribution is 2.41. The molecule has 1 rings (SSSR count). The molecule has 1 amide bonds. The summed E-state index contributed by atoms with van der Waals surface area (Å²) >= 11 is 1.53. The SMILES string of the molecule is CCCNC(=O)CCCCCn1c(O)cc(SC(C)(C)C)c1O. The van der Waals surface area contributed by atoms with Gasteiger partial charge in [0.25, 0.3) is 0 Å². The summed E-state index contributed by atoms with van der Waals surface area (Å²) < 4.78 is 1.51. The second-order valence-corrected chi connectivity index (χ2v) is 8.59. The van der Waals surface area contributed by atoms with Gasteiger partial charge >= 0.3 is 0 Å². The second kappa shape index (κ2) is 9.11. The molecule has 0 saturated carbocycles. The van der Waals surface area contributed by atoms with Crippen LogP contribution in [0.1, 0.15) is 59.8 Å². The molecule has 0 aliphatic rings. The largest absolute Gasteiger partial charge is 0.494 e. The van der Waals surface area contributed by atoms with Crippen LogP contribution in [0.2, 0.25) is 0 Å². The Balaban J connectivity index is 2.39. The maximum atomic E-state index is 11.5. The zero-order valence-electron chi connectivity index (χ0n) is 14.7. The molecule has 6 heteroatoms. The molecule has 0 aliphatic carbocycles. The quantitative estimate of drug-likeness (QED) is 0.470. The van der Waals surface area contributed by atoms with E-state index in [1.807, 2.05) is 6.92 Å². The number of carbonyl (C=O) groups is 1. The van der Waals surface area contributed by atoms with Gasteiger partial charge in [0.2, 0.25) is 11.8 Å². The van der Waals surface area contributed by atoms with Gasteiger partial charge in [0, 0.05) is 30.3 Å². The van der Waals surface area contributed by atoms with E-state index in [2.05, 4.69) is 26.1 Å². The zero-order chi connectivity index (χ0) is 17.5. The molecule has 23 heavy (non-hydrogen) atoms. The predicted octanol–water partition coefficient (Wildman–Crippen LogP) is 3.88. The Labute approximate surface area is 143 Å². The van der Waals surface area contributed by atoms with Crippen molar-refractivity contribution in [1.29, 1.82) is 0 Å². The summed E-state index contributed by atoms with van der Waals surface area (Å²) in [5, 5.41) is 23.1. The van der Waals surface area contributed by atoms with Gasteiger partial charge in [-0.2, -0.15) is 0 Å². The molecule has 0 unspecified atom stereocenters. The van der Waals surface area contributed by atoms with Crippen LogP contribution in [0.5, 0.6) is 11.8 Å². The molecule has 1 aromatic rings. The van der Waals surface area contributed by atoms with Gasteiger partial charge in [-0.3, -0.25) is 9.36 Å². The average Bonchev–Trinajstić information content (AvgIpc) is 2.69. The molecule has 0 saturated heterocycles. The maximum Gasteiger partial charge on any atom is 0.219 e. The van der Waals surface area contributed by atoms with Crippen LogP contribution in [0.3, 0.4) is 0 Å². The number of unbranched alkanes of at least 4 members (excludes halogenated alkanes) is 2. The number of hydrogen-bond acceptors (Lipinski definition) is 4. The van der Waals surface area contributed by atoms with E-state index >= 15 is 0 Å². The van der Waals surface area contributed by atoms with E-state index in [9.17, 15) is 15.0 Å². The lowest BCUT2D eigenvalue weighted by molar-refractivity contribution is -0.121. The number of nitrogens with one attached hydrogen (secondary N) is 1. The Hall–Kier alpha value is -1.30. The number of carbonyl (C=O) groups excluding carboxylic acids is 1. The van der Waals surface area contributed by atoms with Crippen LogP contribution < -0.4 is 5.32 Å². The minimum absolute atomic E-state index is 0.0258. The lowest BCUT2D eigenvalue weighted by Crippen LogP contribution is -2.23. The van der Waals surface area contributed by atoms with E-state index in [0.29, 0.717) is 17.9 Å². The molecule has 0 bridgehead atoms. The summed E-state index contributed by atoms with van der Waals surface area (Å²) in [4.78, 5) is 12.2. The van der Waals surface area contributed by atoms with Crippen molar-refractivity contribution in [3.05, 3.63) is 6.07 Å². The van der Waals surface area contributed by atoms with Crippen molar-refractivity contribution in [1.82, 2.24) is 9.88 Å². The maximum absolute atomic E-state index is 11.5. The van der Waals surface area contributed by atoms with Crippen molar-refractivity contribution < 1.29 is 15.0 Å². The third kappa shape index (κ3) is 7.20. The topological polar surface area (TPSA) is 74.5 Å². The van der Waals surface area contributed by atoms with E-state index in [0.717, 1.165) is 32.2 Å². The molecule has 3 N–H and O–H groups in total. The van der Waals surface area contributed by atoms with Crippen molar-refractivity contribution in [3.63, 3.8) is 0 Å². The third-order valence-corrected chi connectivity index (χ3v) is 4.42. The van der Waals surface area contributed by atoms with Crippen LogP contribution >= 0.6 is 11.8 Å². The van der Waals surface area contributed by atoms with Crippen molar-refractivity contribution in [2.75, 3.05) is 6.54 Å². The van der Waals surface area contributed by atoms with Crippen LogP contribution in [-0.2, 0) is 11.3 Å². The fraction of sp³-hybridized carbons (Fsp3) is 0.706. The molecular formula is C17H30N2O3S. The Morgan fingerprint density at radius 3 is 2.57 bits per heavy atom. The summed E-state index contributed by atoms with van der Waals surface area (Å²) in [6.45, 7) is 9.51. The fourth-order valence-corrected chi connectivity index (χ4v) is 3.24. The predicted molar refractivity (Wildman–Crippen MR) is 95.1 cm³/mol. The first kappa shape index (κ1) is 19.7. The Morgan fingerprint density at radius 1 is 1.26 bits per heavy atom. The number of rotatable bonds is 9. The van der Waals surface area contributed by atoms with E-state index in [4.69, 9.17) is 0 Å². The number of aromatic hydroxyl groups is 2. The van der Waals surface area contributed by atoms with Crippen molar-refractivity contribution >= 4 is 17.7 Å². The molecule has 1 aromatic heterocycles. The first-order valence-corrected chi connectivity index (χ1v) is 9.13. The molecular weight excluding hydrogens is 312 g/mol. The summed E-state index contributed by atoms with van der Waals surface area (Å²) in [7, 11) is 0.